The number of aryl methyl sites for hydroxylation is 2. The molecule has 102 valence electrons. The molecule has 1 atom stereocenters. The fourth-order valence-corrected chi connectivity index (χ4v) is 2.77. The maximum absolute atomic E-state index is 6.33. The molecule has 1 aromatic carbocycles. The second kappa shape index (κ2) is 6.52. The molecule has 19 heavy (non-hydrogen) atoms. The fourth-order valence-electron chi connectivity index (χ4n) is 2.21. The van der Waals surface area contributed by atoms with Crippen LogP contribution in [0.25, 0.3) is 0 Å². The first-order chi connectivity index (χ1) is 9.13. The first kappa shape index (κ1) is 14.5. The van der Waals surface area contributed by atoms with Crippen molar-refractivity contribution in [2.45, 2.75) is 39.3 Å². The predicted molar refractivity (Wildman–Crippen MR) is 87.1 cm³/mol. The van der Waals surface area contributed by atoms with Crippen LogP contribution in [0.3, 0.4) is 0 Å². The lowest BCUT2D eigenvalue weighted by Crippen LogP contribution is -2.16. The minimum absolute atomic E-state index is 0.0291. The lowest BCUT2D eigenvalue weighted by Gasteiger charge is -2.13. The number of rotatable bonds is 5. The number of nitrogens with zero attached hydrogens (tertiary/aromatic N) is 2. The zero-order valence-corrected chi connectivity index (χ0v) is 13.6. The summed E-state index contributed by atoms with van der Waals surface area (Å²) in [6.07, 6.45) is 1.80. The molecule has 3 nitrogen and oxygen atoms in total. The van der Waals surface area contributed by atoms with Gasteiger partial charge in [-0.25, -0.2) is 0 Å². The van der Waals surface area contributed by atoms with Gasteiger partial charge >= 0.3 is 0 Å². The smallest absolute Gasteiger partial charge is 0.0624 e. The highest BCUT2D eigenvalue weighted by molar-refractivity contribution is 14.1. The van der Waals surface area contributed by atoms with Gasteiger partial charge in [0.1, 0.15) is 0 Å². The van der Waals surface area contributed by atoms with Crippen LogP contribution >= 0.6 is 22.6 Å². The third-order valence-corrected chi connectivity index (χ3v) is 3.95. The Labute approximate surface area is 128 Å². The van der Waals surface area contributed by atoms with Crippen LogP contribution in [0.15, 0.2) is 30.3 Å². The average Bonchev–Trinajstić information content (AvgIpc) is 2.81. The number of hydrogen-bond donors (Lipinski definition) is 1. The summed E-state index contributed by atoms with van der Waals surface area (Å²) in [7, 11) is 0. The van der Waals surface area contributed by atoms with E-state index < -0.39 is 0 Å². The van der Waals surface area contributed by atoms with Crippen molar-refractivity contribution >= 4 is 22.6 Å². The Morgan fingerprint density at radius 1 is 1.32 bits per heavy atom. The van der Waals surface area contributed by atoms with Crippen molar-refractivity contribution in [1.82, 2.24) is 9.78 Å². The third-order valence-electron chi connectivity index (χ3n) is 3.28. The Hall–Kier alpha value is -0.880. The first-order valence-corrected chi connectivity index (χ1v) is 7.78. The second-order valence-electron chi connectivity index (χ2n) is 4.66. The molecule has 2 rings (SSSR count). The average molecular weight is 369 g/mol. The van der Waals surface area contributed by atoms with Crippen LogP contribution < -0.4 is 5.73 Å². The van der Waals surface area contributed by atoms with E-state index in [0.717, 1.165) is 25.1 Å². The zero-order valence-electron chi connectivity index (χ0n) is 11.4. The first-order valence-electron chi connectivity index (χ1n) is 6.70. The highest BCUT2D eigenvalue weighted by Crippen LogP contribution is 2.19. The second-order valence-corrected chi connectivity index (χ2v) is 5.91. The van der Waals surface area contributed by atoms with E-state index in [0.29, 0.717) is 0 Å². The van der Waals surface area contributed by atoms with Gasteiger partial charge < -0.3 is 5.73 Å². The summed E-state index contributed by atoms with van der Waals surface area (Å²) >= 11 is 2.32. The fraction of sp³-hybridized carbons (Fsp3) is 0.400. The summed E-state index contributed by atoms with van der Waals surface area (Å²) in [5.41, 5.74) is 9.89. The lowest BCUT2D eigenvalue weighted by molar-refractivity contribution is 0.585. The molecular formula is C15H20IN3. The summed E-state index contributed by atoms with van der Waals surface area (Å²) in [5.74, 6) is 0. The van der Waals surface area contributed by atoms with Crippen molar-refractivity contribution in [2.24, 2.45) is 5.73 Å². The monoisotopic (exact) mass is 369 g/mol. The van der Waals surface area contributed by atoms with Crippen LogP contribution in [0, 0.1) is 3.57 Å². The van der Waals surface area contributed by atoms with E-state index in [2.05, 4.69) is 76.6 Å². The quantitative estimate of drug-likeness (QED) is 0.822. The van der Waals surface area contributed by atoms with E-state index in [1.165, 1.54) is 14.8 Å². The van der Waals surface area contributed by atoms with Crippen molar-refractivity contribution in [3.05, 3.63) is 50.9 Å². The topological polar surface area (TPSA) is 43.8 Å². The molecule has 4 heteroatoms. The summed E-state index contributed by atoms with van der Waals surface area (Å²) in [6.45, 7) is 5.15. The summed E-state index contributed by atoms with van der Waals surface area (Å²) < 4.78 is 3.29. The molecule has 0 radical (unpaired) electrons. The molecule has 2 aromatic rings. The van der Waals surface area contributed by atoms with Crippen LogP contribution in [-0.2, 0) is 19.4 Å². The standard InChI is InChI=1S/C15H20IN3/c1-3-13-9-14(19(4-2)18-13)10-15(17)11-6-5-7-12(16)8-11/h5-9,15H,3-4,10,17H2,1-2H3. The van der Waals surface area contributed by atoms with Gasteiger partial charge in [-0.15, -0.1) is 0 Å². The maximum atomic E-state index is 6.33. The maximum Gasteiger partial charge on any atom is 0.0624 e. The summed E-state index contributed by atoms with van der Waals surface area (Å²) in [5, 5.41) is 4.57. The highest BCUT2D eigenvalue weighted by atomic mass is 127. The van der Waals surface area contributed by atoms with Gasteiger partial charge in [0, 0.05) is 28.3 Å². The number of nitrogens with two attached hydrogens (primary N) is 1. The molecule has 1 aromatic heterocycles. The van der Waals surface area contributed by atoms with Crippen LogP contribution in [0.2, 0.25) is 0 Å². The van der Waals surface area contributed by atoms with Gasteiger partial charge in [-0.1, -0.05) is 19.1 Å². The van der Waals surface area contributed by atoms with Crippen LogP contribution in [-0.4, -0.2) is 9.78 Å². The molecule has 1 unspecified atom stereocenters. The lowest BCUT2D eigenvalue weighted by atomic mass is 10.0. The van der Waals surface area contributed by atoms with Crippen LogP contribution in [0.1, 0.15) is 36.8 Å². The predicted octanol–water partition coefficient (Wildman–Crippen LogP) is 3.31. The van der Waals surface area contributed by atoms with E-state index in [4.69, 9.17) is 5.73 Å². The van der Waals surface area contributed by atoms with E-state index in [1.807, 2.05) is 0 Å². The largest absolute Gasteiger partial charge is 0.324 e. The Bertz CT molecular complexity index is 548. The Morgan fingerprint density at radius 2 is 2.11 bits per heavy atom. The van der Waals surface area contributed by atoms with Gasteiger partial charge in [0.2, 0.25) is 0 Å². The molecule has 0 fully saturated rings. The van der Waals surface area contributed by atoms with Gasteiger partial charge in [0.25, 0.3) is 0 Å². The van der Waals surface area contributed by atoms with Crippen molar-refractivity contribution in [3.63, 3.8) is 0 Å². The van der Waals surface area contributed by atoms with Crippen molar-refractivity contribution in [1.29, 1.82) is 0 Å². The summed E-state index contributed by atoms with van der Waals surface area (Å²) in [6, 6.07) is 10.6. The molecule has 0 aliphatic rings. The minimum atomic E-state index is 0.0291. The van der Waals surface area contributed by atoms with Crippen molar-refractivity contribution in [2.75, 3.05) is 0 Å². The number of benzene rings is 1. The van der Waals surface area contributed by atoms with Crippen LogP contribution in [0.4, 0.5) is 0 Å². The SMILES string of the molecule is CCc1cc(CC(N)c2cccc(I)c2)n(CC)n1. The third kappa shape index (κ3) is 3.57. The molecule has 0 bridgehead atoms. The van der Waals surface area contributed by atoms with Gasteiger partial charge in [0.15, 0.2) is 0 Å². The van der Waals surface area contributed by atoms with Gasteiger partial charge in [0.05, 0.1) is 5.69 Å². The molecule has 0 aliphatic carbocycles. The van der Waals surface area contributed by atoms with Crippen molar-refractivity contribution in [3.8, 4) is 0 Å². The summed E-state index contributed by atoms with van der Waals surface area (Å²) in [4.78, 5) is 0. The molecular weight excluding hydrogens is 349 g/mol. The zero-order chi connectivity index (χ0) is 13.8. The van der Waals surface area contributed by atoms with Crippen molar-refractivity contribution < 1.29 is 0 Å². The normalized spacial score (nSPS) is 12.6. The minimum Gasteiger partial charge on any atom is -0.324 e. The Morgan fingerprint density at radius 3 is 2.74 bits per heavy atom. The molecule has 0 saturated heterocycles. The van der Waals surface area contributed by atoms with E-state index in [1.54, 1.807) is 0 Å². The van der Waals surface area contributed by atoms with Crippen LogP contribution in [0.5, 0.6) is 0 Å². The Balaban J connectivity index is 2.18. The van der Waals surface area contributed by atoms with E-state index >= 15 is 0 Å². The van der Waals surface area contributed by atoms with Gasteiger partial charge in [-0.2, -0.15) is 5.10 Å². The molecule has 0 spiro atoms. The number of aromatic nitrogens is 2. The van der Waals surface area contributed by atoms with E-state index in [9.17, 15) is 0 Å². The van der Waals surface area contributed by atoms with E-state index in [-0.39, 0.29) is 6.04 Å². The molecule has 0 amide bonds. The van der Waals surface area contributed by atoms with Gasteiger partial charge in [-0.3, -0.25) is 4.68 Å². The molecule has 0 saturated carbocycles. The number of halogens is 1. The Kier molecular flexibility index (Phi) is 4.99. The highest BCUT2D eigenvalue weighted by Gasteiger charge is 2.12. The molecule has 1 heterocycles. The number of hydrogen-bond acceptors (Lipinski definition) is 2. The van der Waals surface area contributed by atoms with Gasteiger partial charge in [-0.05, 0) is 59.7 Å². The molecule has 0 aliphatic heterocycles. The molecule has 2 N–H and O–H groups in total.